The maximum atomic E-state index is 5.77. The van der Waals surface area contributed by atoms with E-state index in [4.69, 9.17) is 14.5 Å². The molecule has 1 atom stereocenters. The van der Waals surface area contributed by atoms with E-state index in [0.29, 0.717) is 19.8 Å². The number of fused-ring (bicyclic) bond motifs is 1. The molecule has 0 saturated carbocycles. The van der Waals surface area contributed by atoms with E-state index < -0.39 is 0 Å². The van der Waals surface area contributed by atoms with Gasteiger partial charge in [-0.1, -0.05) is 25.1 Å². The van der Waals surface area contributed by atoms with Crippen molar-refractivity contribution in [3.63, 3.8) is 0 Å². The number of aryl methyl sites for hydroxylation is 1. The predicted octanol–water partition coefficient (Wildman–Crippen LogP) is 1.94. The van der Waals surface area contributed by atoms with Crippen LogP contribution in [-0.2, 0) is 17.7 Å². The molecule has 0 spiro atoms. The molecule has 8 heteroatoms. The Bertz CT molecular complexity index is 761. The van der Waals surface area contributed by atoms with Crippen LogP contribution < -0.4 is 15.4 Å². The topological polar surface area (TPSA) is 85.6 Å². The number of benzene rings is 1. The molecule has 0 radical (unpaired) electrons. The average Bonchev–Trinajstić information content (AvgIpc) is 3.19. The van der Waals surface area contributed by atoms with Gasteiger partial charge >= 0.3 is 0 Å². The summed E-state index contributed by atoms with van der Waals surface area (Å²) in [5.74, 6) is 2.75. The molecule has 1 aliphatic rings. The van der Waals surface area contributed by atoms with Crippen molar-refractivity contribution in [1.29, 1.82) is 0 Å². The second kappa shape index (κ2) is 10.7. The normalized spacial score (nSPS) is 16.4. The van der Waals surface area contributed by atoms with Crippen molar-refractivity contribution in [2.45, 2.75) is 38.8 Å². The largest absolute Gasteiger partial charge is 0.493 e. The van der Waals surface area contributed by atoms with E-state index in [1.807, 2.05) is 18.2 Å². The summed E-state index contributed by atoms with van der Waals surface area (Å²) >= 11 is 0. The highest BCUT2D eigenvalue weighted by atomic mass is 16.5. The first kappa shape index (κ1) is 20.1. The number of rotatable bonds is 9. The maximum absolute atomic E-state index is 5.77. The smallest absolute Gasteiger partial charge is 0.191 e. The average molecular weight is 387 g/mol. The number of guanidine groups is 1. The van der Waals surface area contributed by atoms with E-state index in [1.165, 1.54) is 5.56 Å². The van der Waals surface area contributed by atoms with Gasteiger partial charge in [0.25, 0.3) is 0 Å². The van der Waals surface area contributed by atoms with Crippen LogP contribution in [0.5, 0.6) is 5.75 Å². The molecule has 1 aliphatic heterocycles. The Morgan fingerprint density at radius 1 is 1.39 bits per heavy atom. The highest BCUT2D eigenvalue weighted by molar-refractivity contribution is 5.80. The second-order valence-electron chi connectivity index (χ2n) is 6.67. The molecule has 0 saturated heterocycles. The summed E-state index contributed by atoms with van der Waals surface area (Å²) in [6.07, 6.45) is 4.44. The quantitative estimate of drug-likeness (QED) is 0.389. The summed E-state index contributed by atoms with van der Waals surface area (Å²) in [4.78, 5) is 4.72. The standard InChI is InChI=1S/C20H30N6O2/c1-3-19-25-23-15-26(19)12-11-22-20(21-10-6-13-27-2)24-17-9-14-28-18-8-5-4-7-16(17)18/h4-5,7-8,15,17H,3,6,9-14H2,1-2H3,(H2,21,22,24). The van der Waals surface area contributed by atoms with Crippen molar-refractivity contribution in [2.75, 3.05) is 33.4 Å². The monoisotopic (exact) mass is 386 g/mol. The lowest BCUT2D eigenvalue weighted by molar-refractivity contribution is 0.197. The summed E-state index contributed by atoms with van der Waals surface area (Å²) in [6.45, 7) is 5.73. The molecule has 2 N–H and O–H groups in total. The van der Waals surface area contributed by atoms with E-state index in [9.17, 15) is 0 Å². The molecule has 152 valence electrons. The van der Waals surface area contributed by atoms with Crippen LogP contribution in [0.25, 0.3) is 0 Å². The van der Waals surface area contributed by atoms with Crippen LogP contribution in [0, 0.1) is 0 Å². The zero-order valence-corrected chi connectivity index (χ0v) is 16.7. The molecule has 8 nitrogen and oxygen atoms in total. The Hall–Kier alpha value is -2.61. The van der Waals surface area contributed by atoms with Crippen LogP contribution in [0.15, 0.2) is 35.6 Å². The highest BCUT2D eigenvalue weighted by Gasteiger charge is 2.21. The van der Waals surface area contributed by atoms with Gasteiger partial charge in [-0.05, 0) is 12.5 Å². The van der Waals surface area contributed by atoms with Crippen molar-refractivity contribution in [2.24, 2.45) is 4.99 Å². The number of aliphatic imine (C=N–C) groups is 1. The fraction of sp³-hybridized carbons (Fsp3) is 0.550. The van der Waals surface area contributed by atoms with Crippen LogP contribution in [-0.4, -0.2) is 54.1 Å². The molecule has 0 bridgehead atoms. The first-order valence-electron chi connectivity index (χ1n) is 9.94. The van der Waals surface area contributed by atoms with E-state index in [-0.39, 0.29) is 6.04 Å². The van der Waals surface area contributed by atoms with Crippen molar-refractivity contribution in [1.82, 2.24) is 25.4 Å². The van der Waals surface area contributed by atoms with E-state index in [2.05, 4.69) is 38.4 Å². The zero-order valence-electron chi connectivity index (χ0n) is 16.7. The molecular formula is C20H30N6O2. The van der Waals surface area contributed by atoms with Gasteiger partial charge in [-0.2, -0.15) is 0 Å². The fourth-order valence-electron chi connectivity index (χ4n) is 3.24. The van der Waals surface area contributed by atoms with Gasteiger partial charge in [0.05, 0.1) is 12.6 Å². The van der Waals surface area contributed by atoms with Gasteiger partial charge in [-0.3, -0.25) is 4.99 Å². The number of ether oxygens (including phenoxy) is 2. The molecule has 1 aromatic carbocycles. The number of hydrogen-bond acceptors (Lipinski definition) is 5. The zero-order chi connectivity index (χ0) is 19.6. The van der Waals surface area contributed by atoms with E-state index >= 15 is 0 Å². The third kappa shape index (κ3) is 5.45. The SMILES string of the molecule is CCc1nncn1CCNC(=NCCCOC)NC1CCOc2ccccc21. The summed E-state index contributed by atoms with van der Waals surface area (Å²) < 4.78 is 13.0. The summed E-state index contributed by atoms with van der Waals surface area (Å²) in [7, 11) is 1.71. The van der Waals surface area contributed by atoms with Gasteiger partial charge < -0.3 is 24.7 Å². The predicted molar refractivity (Wildman–Crippen MR) is 109 cm³/mol. The van der Waals surface area contributed by atoms with Crippen molar-refractivity contribution in [3.8, 4) is 5.75 Å². The van der Waals surface area contributed by atoms with Crippen molar-refractivity contribution < 1.29 is 9.47 Å². The van der Waals surface area contributed by atoms with Gasteiger partial charge in [-0.15, -0.1) is 10.2 Å². The Balaban J connectivity index is 1.62. The first-order chi connectivity index (χ1) is 13.8. The summed E-state index contributed by atoms with van der Waals surface area (Å²) in [6, 6.07) is 8.36. The minimum atomic E-state index is 0.180. The fourth-order valence-corrected chi connectivity index (χ4v) is 3.24. The molecule has 0 aliphatic carbocycles. The van der Waals surface area contributed by atoms with Crippen molar-refractivity contribution >= 4 is 5.96 Å². The number of para-hydroxylation sites is 1. The summed E-state index contributed by atoms with van der Waals surface area (Å²) in [5, 5.41) is 15.1. The van der Waals surface area contributed by atoms with Gasteiger partial charge in [0, 0.05) is 51.8 Å². The van der Waals surface area contributed by atoms with Crippen LogP contribution in [0.4, 0.5) is 0 Å². The minimum Gasteiger partial charge on any atom is -0.493 e. The Morgan fingerprint density at radius 2 is 2.29 bits per heavy atom. The molecule has 2 heterocycles. The maximum Gasteiger partial charge on any atom is 0.191 e. The number of nitrogens with one attached hydrogen (secondary N) is 2. The summed E-state index contributed by atoms with van der Waals surface area (Å²) in [5.41, 5.74) is 1.17. The van der Waals surface area contributed by atoms with Crippen molar-refractivity contribution in [3.05, 3.63) is 42.0 Å². The Labute approximate surface area is 166 Å². The van der Waals surface area contributed by atoms with Gasteiger partial charge in [0.2, 0.25) is 0 Å². The van der Waals surface area contributed by atoms with E-state index in [1.54, 1.807) is 13.4 Å². The van der Waals surface area contributed by atoms with Crippen LogP contribution in [0.1, 0.15) is 37.2 Å². The third-order valence-corrected chi connectivity index (χ3v) is 4.70. The number of nitrogens with zero attached hydrogens (tertiary/aromatic N) is 4. The second-order valence-corrected chi connectivity index (χ2v) is 6.67. The highest BCUT2D eigenvalue weighted by Crippen LogP contribution is 2.31. The number of methoxy groups -OCH3 is 1. The minimum absolute atomic E-state index is 0.180. The van der Waals surface area contributed by atoms with Gasteiger partial charge in [-0.25, -0.2) is 0 Å². The molecule has 28 heavy (non-hydrogen) atoms. The van der Waals surface area contributed by atoms with E-state index in [0.717, 1.165) is 49.9 Å². The molecule has 3 rings (SSSR count). The van der Waals surface area contributed by atoms with Crippen LogP contribution in [0.2, 0.25) is 0 Å². The van der Waals surface area contributed by atoms with Gasteiger partial charge in [0.1, 0.15) is 17.9 Å². The Morgan fingerprint density at radius 3 is 3.14 bits per heavy atom. The molecule has 1 unspecified atom stereocenters. The first-order valence-corrected chi connectivity index (χ1v) is 9.94. The van der Waals surface area contributed by atoms with Gasteiger partial charge in [0.15, 0.2) is 5.96 Å². The molecular weight excluding hydrogens is 356 g/mol. The molecule has 2 aromatic rings. The molecule has 0 amide bonds. The lowest BCUT2D eigenvalue weighted by Gasteiger charge is -2.28. The third-order valence-electron chi connectivity index (χ3n) is 4.70. The molecule has 0 fully saturated rings. The van der Waals surface area contributed by atoms with Crippen LogP contribution in [0.3, 0.4) is 0 Å². The molecule has 1 aromatic heterocycles. The van der Waals surface area contributed by atoms with Crippen LogP contribution >= 0.6 is 0 Å². The lowest BCUT2D eigenvalue weighted by Crippen LogP contribution is -2.42. The Kier molecular flexibility index (Phi) is 7.66. The lowest BCUT2D eigenvalue weighted by atomic mass is 10.0. The number of aromatic nitrogens is 3. The number of hydrogen-bond donors (Lipinski definition) is 2.